The number of ether oxygens (including phenoxy) is 2. The third kappa shape index (κ3) is 6.04. The van der Waals surface area contributed by atoms with Crippen LogP contribution in [0.2, 0.25) is 0 Å². The van der Waals surface area contributed by atoms with Gasteiger partial charge in [-0.05, 0) is 31.2 Å². The minimum atomic E-state index is -0.339. The summed E-state index contributed by atoms with van der Waals surface area (Å²) in [7, 11) is 0. The Hall–Kier alpha value is -1.75. The van der Waals surface area contributed by atoms with Crippen LogP contribution < -0.4 is 15.0 Å². The Balaban J connectivity index is 0.00000106. The predicted octanol–water partition coefficient (Wildman–Crippen LogP) is 2.06. The summed E-state index contributed by atoms with van der Waals surface area (Å²) < 4.78 is 10.2. The molecule has 118 valence electrons. The van der Waals surface area contributed by atoms with Crippen LogP contribution in [0.4, 0.5) is 5.69 Å². The van der Waals surface area contributed by atoms with E-state index in [1.807, 2.05) is 38.1 Å². The van der Waals surface area contributed by atoms with E-state index >= 15 is 0 Å². The Morgan fingerprint density at radius 1 is 1.19 bits per heavy atom. The maximum Gasteiger partial charge on any atom is 0.344 e. The maximum atomic E-state index is 11.2. The summed E-state index contributed by atoms with van der Waals surface area (Å²) in [6, 6.07) is 7.81. The lowest BCUT2D eigenvalue weighted by Crippen LogP contribution is -2.43. The van der Waals surface area contributed by atoms with Crippen molar-refractivity contribution in [3.63, 3.8) is 0 Å². The highest BCUT2D eigenvalue weighted by Crippen LogP contribution is 2.19. The molecule has 0 radical (unpaired) electrons. The van der Waals surface area contributed by atoms with Gasteiger partial charge in [-0.2, -0.15) is 0 Å². The fraction of sp³-hybridized carbons (Fsp3) is 0.562. The van der Waals surface area contributed by atoms with Gasteiger partial charge >= 0.3 is 5.97 Å². The standard InChI is InChI=1S/C14H20N2O3.C2H6/c1-2-18-14(17)11-19-13-5-3-12(4-6-13)16-9-7-15-8-10-16;1-2/h3-6,15H,2,7-11H2,1H3;1-2H3. The average molecular weight is 294 g/mol. The second-order valence-corrected chi connectivity index (χ2v) is 4.32. The number of anilines is 1. The summed E-state index contributed by atoms with van der Waals surface area (Å²) >= 11 is 0. The number of benzene rings is 1. The van der Waals surface area contributed by atoms with Crippen LogP contribution in [-0.4, -0.2) is 45.4 Å². The highest BCUT2D eigenvalue weighted by molar-refractivity contribution is 5.71. The van der Waals surface area contributed by atoms with Crippen molar-refractivity contribution in [2.24, 2.45) is 0 Å². The lowest BCUT2D eigenvalue weighted by molar-refractivity contribution is -0.145. The van der Waals surface area contributed by atoms with Crippen LogP contribution in [0.15, 0.2) is 24.3 Å². The molecule has 0 aliphatic carbocycles. The quantitative estimate of drug-likeness (QED) is 0.843. The first-order chi connectivity index (χ1) is 10.3. The second-order valence-electron chi connectivity index (χ2n) is 4.32. The first kappa shape index (κ1) is 17.3. The lowest BCUT2D eigenvalue weighted by Gasteiger charge is -2.29. The Morgan fingerprint density at radius 2 is 1.81 bits per heavy atom. The van der Waals surface area contributed by atoms with E-state index in [2.05, 4.69) is 10.2 Å². The van der Waals surface area contributed by atoms with E-state index in [4.69, 9.17) is 9.47 Å². The van der Waals surface area contributed by atoms with Gasteiger partial charge in [0, 0.05) is 31.9 Å². The molecule has 1 heterocycles. The average Bonchev–Trinajstić information content (AvgIpc) is 2.56. The Labute approximate surface area is 127 Å². The molecule has 0 spiro atoms. The van der Waals surface area contributed by atoms with Gasteiger partial charge in [-0.25, -0.2) is 4.79 Å². The summed E-state index contributed by atoms with van der Waals surface area (Å²) in [5, 5.41) is 3.32. The van der Waals surface area contributed by atoms with Crippen LogP contribution in [0.25, 0.3) is 0 Å². The molecule has 0 aromatic heterocycles. The number of nitrogens with zero attached hydrogens (tertiary/aromatic N) is 1. The van der Waals surface area contributed by atoms with E-state index in [0.717, 1.165) is 26.2 Å². The van der Waals surface area contributed by atoms with Gasteiger partial charge in [0.15, 0.2) is 6.61 Å². The van der Waals surface area contributed by atoms with Gasteiger partial charge in [-0.1, -0.05) is 13.8 Å². The number of hydrogen-bond acceptors (Lipinski definition) is 5. The zero-order valence-corrected chi connectivity index (χ0v) is 13.2. The Bertz CT molecular complexity index is 400. The smallest absolute Gasteiger partial charge is 0.344 e. The van der Waals surface area contributed by atoms with Crippen molar-refractivity contribution in [1.82, 2.24) is 5.32 Å². The van der Waals surface area contributed by atoms with Gasteiger partial charge in [0.2, 0.25) is 0 Å². The van der Waals surface area contributed by atoms with Crippen LogP contribution >= 0.6 is 0 Å². The van der Waals surface area contributed by atoms with Gasteiger partial charge in [-0.3, -0.25) is 0 Å². The molecule has 1 aliphatic heterocycles. The largest absolute Gasteiger partial charge is 0.482 e. The molecule has 0 saturated carbocycles. The third-order valence-corrected chi connectivity index (χ3v) is 2.98. The van der Waals surface area contributed by atoms with E-state index in [1.54, 1.807) is 6.92 Å². The van der Waals surface area contributed by atoms with E-state index in [1.165, 1.54) is 5.69 Å². The minimum absolute atomic E-state index is 0.0409. The van der Waals surface area contributed by atoms with E-state index < -0.39 is 0 Å². The zero-order chi connectivity index (χ0) is 15.5. The predicted molar refractivity (Wildman–Crippen MR) is 85.0 cm³/mol. The maximum absolute atomic E-state index is 11.2. The molecule has 0 amide bonds. The van der Waals surface area contributed by atoms with Crippen LogP contribution in [0.5, 0.6) is 5.75 Å². The van der Waals surface area contributed by atoms with Gasteiger partial charge in [0.1, 0.15) is 5.75 Å². The molecule has 0 unspecified atom stereocenters. The molecule has 5 nitrogen and oxygen atoms in total. The summed E-state index contributed by atoms with van der Waals surface area (Å²) in [6.45, 7) is 10.2. The topological polar surface area (TPSA) is 50.8 Å². The number of rotatable bonds is 5. The number of piperazine rings is 1. The molecule has 2 rings (SSSR count). The number of carbonyl (C=O) groups is 1. The monoisotopic (exact) mass is 294 g/mol. The molecule has 1 N–H and O–H groups in total. The number of nitrogens with one attached hydrogen (secondary N) is 1. The molecular weight excluding hydrogens is 268 g/mol. The van der Waals surface area contributed by atoms with Gasteiger partial charge < -0.3 is 19.7 Å². The SMILES string of the molecule is CC.CCOC(=O)COc1ccc(N2CCNCC2)cc1. The van der Waals surface area contributed by atoms with Gasteiger partial charge in [0.25, 0.3) is 0 Å². The second kappa shape index (κ2) is 10.0. The van der Waals surface area contributed by atoms with Crippen LogP contribution in [0, 0.1) is 0 Å². The molecule has 5 heteroatoms. The summed E-state index contributed by atoms with van der Waals surface area (Å²) in [5.41, 5.74) is 1.19. The van der Waals surface area contributed by atoms with Crippen LogP contribution in [0.1, 0.15) is 20.8 Å². The third-order valence-electron chi connectivity index (χ3n) is 2.98. The van der Waals surface area contributed by atoms with Crippen molar-refractivity contribution in [3.8, 4) is 5.75 Å². The van der Waals surface area contributed by atoms with Gasteiger partial charge in [-0.15, -0.1) is 0 Å². The normalized spacial score (nSPS) is 14.0. The summed E-state index contributed by atoms with van der Waals surface area (Å²) in [5.74, 6) is 0.348. The Kier molecular flexibility index (Phi) is 8.28. The highest BCUT2D eigenvalue weighted by Gasteiger charge is 2.10. The lowest BCUT2D eigenvalue weighted by atomic mass is 10.2. The van der Waals surface area contributed by atoms with Crippen molar-refractivity contribution >= 4 is 11.7 Å². The highest BCUT2D eigenvalue weighted by atomic mass is 16.6. The molecule has 1 aliphatic rings. The molecule has 21 heavy (non-hydrogen) atoms. The first-order valence-corrected chi connectivity index (χ1v) is 7.63. The van der Waals surface area contributed by atoms with Gasteiger partial charge in [0.05, 0.1) is 6.61 Å². The Morgan fingerprint density at radius 3 is 2.38 bits per heavy atom. The van der Waals surface area contributed by atoms with Crippen LogP contribution in [-0.2, 0) is 9.53 Å². The molecule has 1 saturated heterocycles. The fourth-order valence-corrected chi connectivity index (χ4v) is 2.02. The molecule has 1 aromatic rings. The van der Waals surface area contributed by atoms with E-state index in [0.29, 0.717) is 12.4 Å². The first-order valence-electron chi connectivity index (χ1n) is 7.63. The van der Waals surface area contributed by atoms with Crippen molar-refractivity contribution in [2.75, 3.05) is 44.3 Å². The number of carbonyl (C=O) groups excluding carboxylic acids is 1. The van der Waals surface area contributed by atoms with Crippen molar-refractivity contribution in [2.45, 2.75) is 20.8 Å². The van der Waals surface area contributed by atoms with E-state index in [-0.39, 0.29) is 12.6 Å². The molecule has 1 aromatic carbocycles. The van der Waals surface area contributed by atoms with Crippen LogP contribution in [0.3, 0.4) is 0 Å². The van der Waals surface area contributed by atoms with E-state index in [9.17, 15) is 4.79 Å². The molecule has 1 fully saturated rings. The fourth-order valence-electron chi connectivity index (χ4n) is 2.02. The van der Waals surface area contributed by atoms with Crippen molar-refractivity contribution in [3.05, 3.63) is 24.3 Å². The zero-order valence-electron chi connectivity index (χ0n) is 13.2. The summed E-state index contributed by atoms with van der Waals surface area (Å²) in [6.07, 6.45) is 0. The number of hydrogen-bond donors (Lipinski definition) is 1. The number of esters is 1. The molecule has 0 atom stereocenters. The molecular formula is C16H26N2O3. The van der Waals surface area contributed by atoms with Crippen molar-refractivity contribution < 1.29 is 14.3 Å². The summed E-state index contributed by atoms with van der Waals surface area (Å²) in [4.78, 5) is 13.5. The molecule has 0 bridgehead atoms. The minimum Gasteiger partial charge on any atom is -0.482 e. The van der Waals surface area contributed by atoms with Crippen molar-refractivity contribution in [1.29, 1.82) is 0 Å².